The largest absolute Gasteiger partial charge is 0.359 e. The topological polar surface area (TPSA) is 42.0 Å². The van der Waals surface area contributed by atoms with Gasteiger partial charge in [0, 0.05) is 13.0 Å². The van der Waals surface area contributed by atoms with Gasteiger partial charge in [0.05, 0.1) is 11.1 Å². The minimum absolute atomic E-state index is 0.0964. The molecule has 0 saturated heterocycles. The molecular weight excluding hydrogens is 184 g/mol. The predicted octanol–water partition coefficient (Wildman–Crippen LogP) is 2.31. The number of hydrogen-bond acceptors (Lipinski definition) is 4. The van der Waals surface area contributed by atoms with Gasteiger partial charge in [-0.15, -0.1) is 0 Å². The average molecular weight is 196 g/mol. The van der Waals surface area contributed by atoms with Crippen molar-refractivity contribution in [3.63, 3.8) is 0 Å². The molecule has 1 fully saturated rings. The van der Waals surface area contributed by atoms with Gasteiger partial charge < -0.3 is 5.32 Å². The number of anilines is 1. The number of ketones is 1. The molecule has 2 rings (SSSR count). The lowest BCUT2D eigenvalue weighted by molar-refractivity contribution is 0.102. The number of nitrogens with zero attached hydrogens (tertiary/aromatic N) is 1. The van der Waals surface area contributed by atoms with Gasteiger partial charge in [0.15, 0.2) is 10.9 Å². The smallest absolute Gasteiger partial charge is 0.183 e. The number of carbonyl (C=O) groups excluding carboxylic acids is 1. The van der Waals surface area contributed by atoms with E-state index in [-0.39, 0.29) is 5.78 Å². The molecule has 0 bridgehead atoms. The summed E-state index contributed by atoms with van der Waals surface area (Å²) in [6.45, 7) is 1.57. The predicted molar refractivity (Wildman–Crippen MR) is 53.4 cm³/mol. The van der Waals surface area contributed by atoms with Gasteiger partial charge in [-0.2, -0.15) is 0 Å². The fraction of sp³-hybridized carbons (Fsp3) is 0.556. The third-order valence-corrected chi connectivity index (χ3v) is 3.31. The van der Waals surface area contributed by atoms with Crippen LogP contribution in [0, 0.1) is 0 Å². The minimum atomic E-state index is 0.0964. The molecule has 1 aliphatic carbocycles. The van der Waals surface area contributed by atoms with Gasteiger partial charge in [0.2, 0.25) is 0 Å². The van der Waals surface area contributed by atoms with Gasteiger partial charge >= 0.3 is 0 Å². The monoisotopic (exact) mass is 196 g/mol. The Balaban J connectivity index is 2.00. The molecule has 3 nitrogen and oxygen atoms in total. The Morgan fingerprint density at radius 1 is 1.69 bits per heavy atom. The first kappa shape index (κ1) is 8.69. The summed E-state index contributed by atoms with van der Waals surface area (Å²) >= 11 is 1.45. The molecular formula is C9H12N2OS. The summed E-state index contributed by atoms with van der Waals surface area (Å²) in [5.74, 6) is 0.0964. The van der Waals surface area contributed by atoms with E-state index in [9.17, 15) is 4.79 Å². The number of rotatable bonds is 3. The Hall–Kier alpha value is -0.900. The molecule has 0 atom stereocenters. The van der Waals surface area contributed by atoms with Crippen LogP contribution in [0.15, 0.2) is 6.20 Å². The van der Waals surface area contributed by atoms with Crippen molar-refractivity contribution in [3.8, 4) is 0 Å². The first-order valence-corrected chi connectivity index (χ1v) is 5.30. The highest BCUT2D eigenvalue weighted by molar-refractivity contribution is 7.17. The fourth-order valence-corrected chi connectivity index (χ4v) is 2.02. The summed E-state index contributed by atoms with van der Waals surface area (Å²) in [6.07, 6.45) is 5.42. The van der Waals surface area contributed by atoms with Gasteiger partial charge in [-0.25, -0.2) is 4.98 Å². The van der Waals surface area contributed by atoms with Crippen molar-refractivity contribution in [1.82, 2.24) is 4.98 Å². The molecule has 1 heterocycles. The standard InChI is InChI=1S/C9H12N2OS/c1-6(12)8-5-10-9(13-8)11-7-3-2-4-7/h5,7H,2-4H2,1H3,(H,10,11). The first-order chi connectivity index (χ1) is 6.25. The van der Waals surface area contributed by atoms with E-state index in [0.717, 1.165) is 10.0 Å². The number of aromatic nitrogens is 1. The van der Waals surface area contributed by atoms with Crippen LogP contribution in [0.2, 0.25) is 0 Å². The zero-order valence-electron chi connectivity index (χ0n) is 7.54. The molecule has 1 aromatic heterocycles. The zero-order valence-corrected chi connectivity index (χ0v) is 8.36. The number of nitrogens with one attached hydrogen (secondary N) is 1. The van der Waals surface area contributed by atoms with Crippen molar-refractivity contribution in [2.45, 2.75) is 32.2 Å². The number of carbonyl (C=O) groups is 1. The van der Waals surface area contributed by atoms with E-state index < -0.39 is 0 Å². The SMILES string of the molecule is CC(=O)c1cnc(NC2CCC2)s1. The lowest BCUT2D eigenvalue weighted by atomic mass is 9.93. The van der Waals surface area contributed by atoms with Crippen LogP contribution in [0.3, 0.4) is 0 Å². The molecule has 0 radical (unpaired) electrons. The van der Waals surface area contributed by atoms with E-state index in [4.69, 9.17) is 0 Å². The molecule has 70 valence electrons. The van der Waals surface area contributed by atoms with E-state index in [1.165, 1.54) is 30.6 Å². The molecule has 1 aliphatic rings. The first-order valence-electron chi connectivity index (χ1n) is 4.49. The highest BCUT2D eigenvalue weighted by Gasteiger charge is 2.18. The second kappa shape index (κ2) is 3.46. The van der Waals surface area contributed by atoms with Crippen LogP contribution in [0.25, 0.3) is 0 Å². The second-order valence-corrected chi connectivity index (χ2v) is 4.39. The van der Waals surface area contributed by atoms with Crippen molar-refractivity contribution >= 4 is 22.3 Å². The van der Waals surface area contributed by atoms with Crippen LogP contribution in [0.5, 0.6) is 0 Å². The quantitative estimate of drug-likeness (QED) is 0.754. The van der Waals surface area contributed by atoms with Gasteiger partial charge in [0.25, 0.3) is 0 Å². The van der Waals surface area contributed by atoms with Crippen molar-refractivity contribution in [2.24, 2.45) is 0 Å². The zero-order chi connectivity index (χ0) is 9.26. The molecule has 0 aromatic carbocycles. The summed E-state index contributed by atoms with van der Waals surface area (Å²) in [5.41, 5.74) is 0. The summed E-state index contributed by atoms with van der Waals surface area (Å²) in [7, 11) is 0. The van der Waals surface area contributed by atoms with Crippen molar-refractivity contribution in [3.05, 3.63) is 11.1 Å². The Bertz CT molecular complexity index is 317. The van der Waals surface area contributed by atoms with Crippen LogP contribution in [0.4, 0.5) is 5.13 Å². The minimum Gasteiger partial charge on any atom is -0.359 e. The highest BCUT2D eigenvalue weighted by Crippen LogP contribution is 2.26. The number of hydrogen-bond donors (Lipinski definition) is 1. The third-order valence-electron chi connectivity index (χ3n) is 2.29. The molecule has 0 unspecified atom stereocenters. The van der Waals surface area contributed by atoms with Crippen molar-refractivity contribution in [1.29, 1.82) is 0 Å². The normalized spacial score (nSPS) is 16.7. The van der Waals surface area contributed by atoms with Gasteiger partial charge in [-0.05, 0) is 19.3 Å². The van der Waals surface area contributed by atoms with Gasteiger partial charge in [-0.3, -0.25) is 4.79 Å². The van der Waals surface area contributed by atoms with Crippen LogP contribution in [-0.2, 0) is 0 Å². The fourth-order valence-electron chi connectivity index (χ4n) is 1.23. The molecule has 4 heteroatoms. The number of thiazole rings is 1. The maximum atomic E-state index is 11.0. The second-order valence-electron chi connectivity index (χ2n) is 3.36. The number of Topliss-reactive ketones (excluding diaryl/α,β-unsaturated/α-hetero) is 1. The Morgan fingerprint density at radius 3 is 2.92 bits per heavy atom. The molecule has 0 spiro atoms. The maximum Gasteiger partial charge on any atom is 0.183 e. The lowest BCUT2D eigenvalue weighted by Crippen LogP contribution is -2.26. The maximum absolute atomic E-state index is 11.0. The lowest BCUT2D eigenvalue weighted by Gasteiger charge is -2.25. The molecule has 13 heavy (non-hydrogen) atoms. The van der Waals surface area contributed by atoms with Crippen LogP contribution >= 0.6 is 11.3 Å². The molecule has 1 aromatic rings. The molecule has 0 amide bonds. The van der Waals surface area contributed by atoms with E-state index in [0.29, 0.717) is 6.04 Å². The summed E-state index contributed by atoms with van der Waals surface area (Å²) in [4.78, 5) is 15.9. The van der Waals surface area contributed by atoms with Crippen molar-refractivity contribution < 1.29 is 4.79 Å². The summed E-state index contributed by atoms with van der Waals surface area (Å²) in [5, 5.41) is 4.19. The van der Waals surface area contributed by atoms with Gasteiger partial charge in [0.1, 0.15) is 0 Å². The highest BCUT2D eigenvalue weighted by atomic mass is 32.1. The Kier molecular flexibility index (Phi) is 2.31. The van der Waals surface area contributed by atoms with E-state index in [2.05, 4.69) is 10.3 Å². The molecule has 1 N–H and O–H groups in total. The third kappa shape index (κ3) is 1.88. The van der Waals surface area contributed by atoms with Crippen LogP contribution < -0.4 is 5.32 Å². The van der Waals surface area contributed by atoms with Crippen molar-refractivity contribution in [2.75, 3.05) is 5.32 Å². The average Bonchev–Trinajstić information content (AvgIpc) is 2.44. The van der Waals surface area contributed by atoms with E-state index in [1.54, 1.807) is 13.1 Å². The Labute approximate surface area is 81.2 Å². The van der Waals surface area contributed by atoms with Gasteiger partial charge in [-0.1, -0.05) is 11.3 Å². The van der Waals surface area contributed by atoms with E-state index in [1.807, 2.05) is 0 Å². The Morgan fingerprint density at radius 2 is 2.46 bits per heavy atom. The van der Waals surface area contributed by atoms with Crippen LogP contribution in [-0.4, -0.2) is 16.8 Å². The molecule has 1 saturated carbocycles. The summed E-state index contributed by atoms with van der Waals surface area (Å²) in [6, 6.07) is 0.589. The van der Waals surface area contributed by atoms with Crippen LogP contribution in [0.1, 0.15) is 35.9 Å². The molecule has 0 aliphatic heterocycles. The van der Waals surface area contributed by atoms with E-state index >= 15 is 0 Å². The summed E-state index contributed by atoms with van der Waals surface area (Å²) < 4.78 is 0.